The highest BCUT2D eigenvalue weighted by atomic mass is 127. The van der Waals surface area contributed by atoms with E-state index in [2.05, 4.69) is 22.6 Å². The van der Waals surface area contributed by atoms with Gasteiger partial charge in [0.1, 0.15) is 11.5 Å². The molecular weight excluding hydrogens is 291 g/mol. The van der Waals surface area contributed by atoms with Crippen LogP contribution in [0.15, 0.2) is 34.9 Å². The molecule has 0 spiro atoms. The summed E-state index contributed by atoms with van der Waals surface area (Å²) in [6.45, 7) is 1.97. The minimum atomic E-state index is 0.262. The fourth-order valence-corrected chi connectivity index (χ4v) is 1.85. The monoisotopic (exact) mass is 300 g/mol. The summed E-state index contributed by atoms with van der Waals surface area (Å²) in [7, 11) is 0. The molecule has 2 rings (SSSR count). The lowest BCUT2D eigenvalue weighted by Crippen LogP contribution is -1.86. The quantitative estimate of drug-likeness (QED) is 0.817. The largest absolute Gasteiger partial charge is 0.507 e. The van der Waals surface area contributed by atoms with Gasteiger partial charge >= 0.3 is 0 Å². The van der Waals surface area contributed by atoms with E-state index in [0.29, 0.717) is 5.76 Å². The average molecular weight is 300 g/mol. The van der Waals surface area contributed by atoms with Crippen molar-refractivity contribution in [2.75, 3.05) is 0 Å². The van der Waals surface area contributed by atoms with Crippen LogP contribution >= 0.6 is 22.6 Å². The normalized spacial score (nSPS) is 10.4. The SMILES string of the molecule is Cc1c(I)ccc(O)c1-c1ccco1. The number of aromatic hydroxyl groups is 1. The predicted octanol–water partition coefficient (Wildman–Crippen LogP) is 3.57. The van der Waals surface area contributed by atoms with Crippen LogP contribution < -0.4 is 0 Å². The second-order valence-corrected chi connectivity index (χ2v) is 4.21. The van der Waals surface area contributed by atoms with Gasteiger partial charge in [-0.05, 0) is 59.3 Å². The third-order valence-electron chi connectivity index (χ3n) is 2.14. The van der Waals surface area contributed by atoms with Crippen molar-refractivity contribution < 1.29 is 9.52 Å². The van der Waals surface area contributed by atoms with Gasteiger partial charge in [0, 0.05) is 3.57 Å². The third kappa shape index (κ3) is 1.52. The van der Waals surface area contributed by atoms with E-state index in [0.717, 1.165) is 14.7 Å². The lowest BCUT2D eigenvalue weighted by molar-refractivity contribution is 0.473. The molecular formula is C11H9IO2. The Morgan fingerprint density at radius 2 is 2.07 bits per heavy atom. The van der Waals surface area contributed by atoms with E-state index in [-0.39, 0.29) is 5.75 Å². The lowest BCUT2D eigenvalue weighted by Gasteiger charge is -2.07. The lowest BCUT2D eigenvalue weighted by atomic mass is 10.1. The molecule has 1 aromatic heterocycles. The van der Waals surface area contributed by atoms with Crippen molar-refractivity contribution in [3.05, 3.63) is 39.7 Å². The highest BCUT2D eigenvalue weighted by molar-refractivity contribution is 14.1. The molecule has 14 heavy (non-hydrogen) atoms. The molecule has 0 aliphatic rings. The molecule has 1 aromatic carbocycles. The summed E-state index contributed by atoms with van der Waals surface area (Å²) in [5, 5.41) is 9.72. The molecule has 0 saturated heterocycles. The standard InChI is InChI=1S/C11H9IO2/c1-7-8(12)4-5-9(13)11(7)10-3-2-6-14-10/h2-6,13H,1H3. The first-order chi connectivity index (χ1) is 6.70. The molecule has 0 unspecified atom stereocenters. The number of furan rings is 1. The van der Waals surface area contributed by atoms with Crippen LogP contribution in [-0.2, 0) is 0 Å². The van der Waals surface area contributed by atoms with E-state index in [1.54, 1.807) is 12.3 Å². The van der Waals surface area contributed by atoms with Gasteiger partial charge in [-0.2, -0.15) is 0 Å². The number of hydrogen-bond donors (Lipinski definition) is 1. The molecule has 1 N–H and O–H groups in total. The zero-order valence-corrected chi connectivity index (χ0v) is 9.78. The second kappa shape index (κ2) is 3.65. The zero-order chi connectivity index (χ0) is 10.1. The van der Waals surface area contributed by atoms with Crippen LogP contribution in [0.4, 0.5) is 0 Å². The van der Waals surface area contributed by atoms with Gasteiger partial charge in [-0.1, -0.05) is 0 Å². The Balaban J connectivity index is 2.69. The van der Waals surface area contributed by atoms with Crippen molar-refractivity contribution in [2.24, 2.45) is 0 Å². The molecule has 3 heteroatoms. The van der Waals surface area contributed by atoms with Crippen molar-refractivity contribution in [3.8, 4) is 17.1 Å². The molecule has 0 radical (unpaired) electrons. The molecule has 0 saturated carbocycles. The molecule has 0 aliphatic heterocycles. The van der Waals surface area contributed by atoms with E-state index < -0.39 is 0 Å². The maximum atomic E-state index is 9.72. The van der Waals surface area contributed by atoms with Crippen LogP contribution in [0.3, 0.4) is 0 Å². The highest BCUT2D eigenvalue weighted by Crippen LogP contribution is 2.34. The number of benzene rings is 1. The van der Waals surface area contributed by atoms with Crippen molar-refractivity contribution in [2.45, 2.75) is 6.92 Å². The van der Waals surface area contributed by atoms with E-state index in [4.69, 9.17) is 4.42 Å². The van der Waals surface area contributed by atoms with E-state index in [1.165, 1.54) is 0 Å². The first kappa shape index (κ1) is 9.58. The Morgan fingerprint density at radius 3 is 2.71 bits per heavy atom. The maximum Gasteiger partial charge on any atom is 0.137 e. The predicted molar refractivity (Wildman–Crippen MR) is 63.3 cm³/mol. The summed E-state index contributed by atoms with van der Waals surface area (Å²) in [6, 6.07) is 7.23. The molecule has 0 atom stereocenters. The summed E-state index contributed by atoms with van der Waals surface area (Å²) in [5.41, 5.74) is 1.82. The van der Waals surface area contributed by atoms with Gasteiger partial charge in [-0.15, -0.1) is 0 Å². The summed E-state index contributed by atoms with van der Waals surface area (Å²) < 4.78 is 6.39. The first-order valence-corrected chi connectivity index (χ1v) is 5.30. The minimum Gasteiger partial charge on any atom is -0.507 e. The van der Waals surface area contributed by atoms with Crippen molar-refractivity contribution >= 4 is 22.6 Å². The summed E-state index contributed by atoms with van der Waals surface area (Å²) >= 11 is 2.24. The van der Waals surface area contributed by atoms with Gasteiger partial charge in [0.25, 0.3) is 0 Å². The summed E-state index contributed by atoms with van der Waals surface area (Å²) in [4.78, 5) is 0. The van der Waals surface area contributed by atoms with Gasteiger partial charge < -0.3 is 9.52 Å². The summed E-state index contributed by atoms with van der Waals surface area (Å²) in [5.74, 6) is 0.969. The summed E-state index contributed by atoms with van der Waals surface area (Å²) in [6.07, 6.45) is 1.61. The maximum absolute atomic E-state index is 9.72. The second-order valence-electron chi connectivity index (χ2n) is 3.04. The van der Waals surface area contributed by atoms with Crippen LogP contribution in [0, 0.1) is 10.5 Å². The van der Waals surface area contributed by atoms with Crippen LogP contribution in [0.5, 0.6) is 5.75 Å². The number of rotatable bonds is 1. The Labute approximate surface area is 95.7 Å². The fourth-order valence-electron chi connectivity index (χ4n) is 1.40. The molecule has 1 heterocycles. The Kier molecular flexibility index (Phi) is 2.50. The molecule has 0 fully saturated rings. The number of halogens is 1. The van der Waals surface area contributed by atoms with Crippen LogP contribution in [-0.4, -0.2) is 5.11 Å². The average Bonchev–Trinajstić information content (AvgIpc) is 2.65. The number of hydrogen-bond acceptors (Lipinski definition) is 2. The van der Waals surface area contributed by atoms with E-state index >= 15 is 0 Å². The smallest absolute Gasteiger partial charge is 0.137 e. The topological polar surface area (TPSA) is 33.4 Å². The van der Waals surface area contributed by atoms with Crippen molar-refractivity contribution in [1.82, 2.24) is 0 Å². The molecule has 72 valence electrons. The minimum absolute atomic E-state index is 0.262. The van der Waals surface area contributed by atoms with Crippen molar-refractivity contribution in [1.29, 1.82) is 0 Å². The van der Waals surface area contributed by atoms with Gasteiger partial charge in [-0.25, -0.2) is 0 Å². The van der Waals surface area contributed by atoms with Crippen LogP contribution in [0.25, 0.3) is 11.3 Å². The van der Waals surface area contributed by atoms with E-state index in [1.807, 2.05) is 25.1 Å². The Hall–Kier alpha value is -0.970. The molecule has 0 aliphatic carbocycles. The highest BCUT2D eigenvalue weighted by Gasteiger charge is 2.12. The first-order valence-electron chi connectivity index (χ1n) is 4.22. The van der Waals surface area contributed by atoms with E-state index in [9.17, 15) is 5.11 Å². The van der Waals surface area contributed by atoms with Gasteiger partial charge in [0.05, 0.1) is 11.8 Å². The van der Waals surface area contributed by atoms with Gasteiger partial charge in [0.15, 0.2) is 0 Å². The number of phenols is 1. The molecule has 2 nitrogen and oxygen atoms in total. The van der Waals surface area contributed by atoms with Gasteiger partial charge in [-0.3, -0.25) is 0 Å². The Morgan fingerprint density at radius 1 is 1.29 bits per heavy atom. The molecule has 2 aromatic rings. The Bertz CT molecular complexity index is 447. The molecule has 0 bridgehead atoms. The zero-order valence-electron chi connectivity index (χ0n) is 7.62. The van der Waals surface area contributed by atoms with Crippen LogP contribution in [0.1, 0.15) is 5.56 Å². The molecule has 0 amide bonds. The fraction of sp³-hybridized carbons (Fsp3) is 0.0909. The number of phenolic OH excluding ortho intramolecular Hbond substituents is 1. The third-order valence-corrected chi connectivity index (χ3v) is 3.31. The van der Waals surface area contributed by atoms with Gasteiger partial charge in [0.2, 0.25) is 0 Å². The van der Waals surface area contributed by atoms with Crippen molar-refractivity contribution in [3.63, 3.8) is 0 Å². The van der Waals surface area contributed by atoms with Crippen LogP contribution in [0.2, 0.25) is 0 Å².